The van der Waals surface area contributed by atoms with Gasteiger partial charge in [0.05, 0.1) is 12.5 Å². The van der Waals surface area contributed by atoms with Gasteiger partial charge in [0.15, 0.2) is 0 Å². The van der Waals surface area contributed by atoms with Crippen LogP contribution in [0.2, 0.25) is 0 Å². The molecule has 0 radical (unpaired) electrons. The van der Waals surface area contributed by atoms with Gasteiger partial charge in [-0.1, -0.05) is 27.7 Å². The highest BCUT2D eigenvalue weighted by molar-refractivity contribution is 5.95. The first-order valence-electron chi connectivity index (χ1n) is 11.0. The molecule has 0 fully saturated rings. The predicted molar refractivity (Wildman–Crippen MR) is 121 cm³/mol. The van der Waals surface area contributed by atoms with Gasteiger partial charge in [-0.25, -0.2) is 4.79 Å². The molecule has 13 nitrogen and oxygen atoms in total. The third-order valence-corrected chi connectivity index (χ3v) is 4.71. The topological polar surface area (TPSA) is 231 Å². The molecule has 0 bridgehead atoms. The van der Waals surface area contributed by atoms with E-state index in [0.717, 1.165) is 0 Å². The molecule has 0 aliphatic rings. The van der Waals surface area contributed by atoms with Crippen LogP contribution in [0.4, 0.5) is 0 Å². The first-order valence-corrected chi connectivity index (χ1v) is 11.0. The second kappa shape index (κ2) is 14.8. The maximum absolute atomic E-state index is 12.9. The molecule has 4 atom stereocenters. The second-order valence-electron chi connectivity index (χ2n) is 8.99. The molecule has 0 aromatic rings. The minimum Gasteiger partial charge on any atom is -0.481 e. The first kappa shape index (κ1) is 30.8. The average Bonchev–Trinajstić information content (AvgIpc) is 2.68. The highest BCUT2D eigenvalue weighted by Crippen LogP contribution is 2.09. The number of nitrogens with one attached hydrogen (secondary N) is 3. The number of hydrogen-bond acceptors (Lipinski definition) is 7. The van der Waals surface area contributed by atoms with E-state index in [1.807, 2.05) is 0 Å². The van der Waals surface area contributed by atoms with Crippen LogP contribution in [-0.4, -0.2) is 69.9 Å². The van der Waals surface area contributed by atoms with Crippen molar-refractivity contribution in [2.45, 2.75) is 84.0 Å². The Kier molecular flexibility index (Phi) is 13.4. The smallest absolute Gasteiger partial charge is 0.326 e. The number of amides is 4. The van der Waals surface area contributed by atoms with E-state index >= 15 is 0 Å². The van der Waals surface area contributed by atoms with Crippen molar-refractivity contribution in [3.63, 3.8) is 0 Å². The number of rotatable bonds is 16. The van der Waals surface area contributed by atoms with Crippen molar-refractivity contribution in [1.82, 2.24) is 16.0 Å². The SMILES string of the molecule is CC(C)CC(NC(=O)C(CC(=O)O)NC(=O)C(CC(C)C)NC(=O)C(N)CCC(N)=O)C(=O)O. The predicted octanol–water partition coefficient (Wildman–Crippen LogP) is -1.31. The van der Waals surface area contributed by atoms with Crippen LogP contribution in [-0.2, 0) is 28.8 Å². The van der Waals surface area contributed by atoms with Crippen LogP contribution in [0.5, 0.6) is 0 Å². The van der Waals surface area contributed by atoms with Gasteiger partial charge in [0.25, 0.3) is 0 Å². The van der Waals surface area contributed by atoms with Gasteiger partial charge in [0, 0.05) is 6.42 Å². The number of carboxylic acids is 2. The Morgan fingerprint density at radius 2 is 1.18 bits per heavy atom. The number of hydrogen-bond donors (Lipinski definition) is 7. The fourth-order valence-electron chi connectivity index (χ4n) is 3.03. The minimum absolute atomic E-state index is 0.0341. The van der Waals surface area contributed by atoms with Gasteiger partial charge in [-0.2, -0.15) is 0 Å². The van der Waals surface area contributed by atoms with Gasteiger partial charge in [-0.3, -0.25) is 24.0 Å². The summed E-state index contributed by atoms with van der Waals surface area (Å²) in [6.45, 7) is 7.08. The van der Waals surface area contributed by atoms with Crippen molar-refractivity contribution in [1.29, 1.82) is 0 Å². The van der Waals surface area contributed by atoms with Crippen molar-refractivity contribution < 1.29 is 39.0 Å². The number of carbonyl (C=O) groups excluding carboxylic acids is 4. The molecule has 4 amide bonds. The summed E-state index contributed by atoms with van der Waals surface area (Å²) in [6, 6.07) is -5.10. The van der Waals surface area contributed by atoms with Crippen molar-refractivity contribution in [3.8, 4) is 0 Å². The van der Waals surface area contributed by atoms with Crippen LogP contribution in [0.3, 0.4) is 0 Å². The molecule has 0 aliphatic carbocycles. The first-order chi connectivity index (χ1) is 15.6. The van der Waals surface area contributed by atoms with Crippen molar-refractivity contribution in [3.05, 3.63) is 0 Å². The molecule has 194 valence electrons. The number of primary amides is 1. The van der Waals surface area contributed by atoms with E-state index in [9.17, 15) is 33.9 Å². The Labute approximate surface area is 198 Å². The Bertz CT molecular complexity index is 755. The van der Waals surface area contributed by atoms with Crippen LogP contribution in [0, 0.1) is 11.8 Å². The highest BCUT2D eigenvalue weighted by atomic mass is 16.4. The average molecular weight is 488 g/mol. The van der Waals surface area contributed by atoms with E-state index in [1.165, 1.54) is 0 Å². The third-order valence-electron chi connectivity index (χ3n) is 4.71. The number of carboxylic acid groups (broad SMARTS) is 2. The van der Waals surface area contributed by atoms with Gasteiger partial charge in [-0.15, -0.1) is 0 Å². The molecular formula is C21H37N5O8. The lowest BCUT2D eigenvalue weighted by Crippen LogP contribution is -2.57. The molecule has 0 aliphatic heterocycles. The van der Waals surface area contributed by atoms with Crippen LogP contribution >= 0.6 is 0 Å². The molecular weight excluding hydrogens is 450 g/mol. The Balaban J connectivity index is 5.50. The fraction of sp³-hybridized carbons (Fsp3) is 0.714. The van der Waals surface area contributed by atoms with Crippen molar-refractivity contribution in [2.24, 2.45) is 23.3 Å². The standard InChI is InChI=1S/C21H37N5O8/c1-10(2)7-13(24-18(30)12(22)5-6-16(23)27)19(31)25-14(9-17(28)29)20(32)26-15(21(33)34)8-11(3)4/h10-15H,5-9,22H2,1-4H3,(H2,23,27)(H,24,30)(H,25,31)(H,26,32)(H,28,29)(H,33,34). The Morgan fingerprint density at radius 1 is 0.735 bits per heavy atom. The third kappa shape index (κ3) is 12.7. The summed E-state index contributed by atoms with van der Waals surface area (Å²) in [5.74, 6) is -6.00. The van der Waals surface area contributed by atoms with Crippen molar-refractivity contribution in [2.75, 3.05) is 0 Å². The molecule has 13 heteroatoms. The summed E-state index contributed by atoms with van der Waals surface area (Å²) in [6.07, 6.45) is -0.714. The highest BCUT2D eigenvalue weighted by Gasteiger charge is 2.32. The molecule has 0 aromatic carbocycles. The molecule has 0 saturated carbocycles. The molecule has 0 saturated heterocycles. The molecule has 4 unspecified atom stereocenters. The minimum atomic E-state index is -1.57. The van der Waals surface area contributed by atoms with Gasteiger partial charge in [0.1, 0.15) is 18.1 Å². The summed E-state index contributed by atoms with van der Waals surface area (Å²) in [5.41, 5.74) is 10.8. The Hall–Kier alpha value is -3.22. The van der Waals surface area contributed by atoms with E-state index < -0.39 is 66.2 Å². The zero-order chi connectivity index (χ0) is 26.6. The number of aliphatic carboxylic acids is 2. The number of nitrogens with two attached hydrogens (primary N) is 2. The summed E-state index contributed by atoms with van der Waals surface area (Å²) < 4.78 is 0. The van der Waals surface area contributed by atoms with Crippen LogP contribution in [0.25, 0.3) is 0 Å². The van der Waals surface area contributed by atoms with Crippen LogP contribution < -0.4 is 27.4 Å². The largest absolute Gasteiger partial charge is 0.481 e. The van der Waals surface area contributed by atoms with E-state index in [2.05, 4.69) is 16.0 Å². The molecule has 0 rings (SSSR count). The zero-order valence-electron chi connectivity index (χ0n) is 20.0. The maximum Gasteiger partial charge on any atom is 0.326 e. The lowest BCUT2D eigenvalue weighted by Gasteiger charge is -2.25. The van der Waals surface area contributed by atoms with E-state index in [4.69, 9.17) is 16.6 Å². The normalized spacial score (nSPS) is 14.6. The summed E-state index contributed by atoms with van der Waals surface area (Å²) in [7, 11) is 0. The van der Waals surface area contributed by atoms with Crippen LogP contribution in [0.15, 0.2) is 0 Å². The van der Waals surface area contributed by atoms with Crippen molar-refractivity contribution >= 4 is 35.6 Å². The van der Waals surface area contributed by atoms with E-state index in [0.29, 0.717) is 0 Å². The molecule has 0 aromatic heterocycles. The quantitative estimate of drug-likeness (QED) is 0.137. The lowest BCUT2D eigenvalue weighted by atomic mass is 10.0. The van der Waals surface area contributed by atoms with Crippen LogP contribution in [0.1, 0.15) is 59.8 Å². The molecule has 0 spiro atoms. The summed E-state index contributed by atoms with van der Waals surface area (Å²) in [4.78, 5) is 71.5. The molecule has 34 heavy (non-hydrogen) atoms. The Morgan fingerprint density at radius 3 is 1.62 bits per heavy atom. The summed E-state index contributed by atoms with van der Waals surface area (Å²) >= 11 is 0. The maximum atomic E-state index is 12.9. The zero-order valence-corrected chi connectivity index (χ0v) is 20.0. The van der Waals surface area contributed by atoms with Gasteiger partial charge < -0.3 is 37.6 Å². The monoisotopic (exact) mass is 487 g/mol. The second-order valence-corrected chi connectivity index (χ2v) is 8.99. The van der Waals surface area contributed by atoms with Gasteiger partial charge >= 0.3 is 11.9 Å². The molecule has 0 heterocycles. The lowest BCUT2D eigenvalue weighted by molar-refractivity contribution is -0.144. The van der Waals surface area contributed by atoms with E-state index in [1.54, 1.807) is 27.7 Å². The summed E-state index contributed by atoms with van der Waals surface area (Å²) in [5, 5.41) is 25.5. The fourth-order valence-corrected chi connectivity index (χ4v) is 3.03. The van der Waals surface area contributed by atoms with E-state index in [-0.39, 0.29) is 37.5 Å². The van der Waals surface area contributed by atoms with Gasteiger partial charge in [-0.05, 0) is 31.1 Å². The molecule has 9 N–H and O–H groups in total. The number of carbonyl (C=O) groups is 6. The van der Waals surface area contributed by atoms with Gasteiger partial charge in [0.2, 0.25) is 23.6 Å².